The lowest BCUT2D eigenvalue weighted by molar-refractivity contribution is -0.134. The molecular formula is C17H23ClN4O2S. The lowest BCUT2D eigenvalue weighted by atomic mass is 10.0. The second kappa shape index (κ2) is 8.60. The van der Waals surface area contributed by atoms with Crippen molar-refractivity contribution in [3.05, 3.63) is 50.3 Å². The predicted octanol–water partition coefficient (Wildman–Crippen LogP) is 1.91. The van der Waals surface area contributed by atoms with Crippen LogP contribution >= 0.6 is 23.7 Å². The van der Waals surface area contributed by atoms with Gasteiger partial charge in [-0.15, -0.1) is 12.4 Å². The summed E-state index contributed by atoms with van der Waals surface area (Å²) in [7, 11) is 0. The van der Waals surface area contributed by atoms with E-state index >= 15 is 0 Å². The fraction of sp³-hybridized carbons (Fsp3) is 0.471. The first-order valence-corrected chi connectivity index (χ1v) is 8.96. The number of carbonyl (C=O) groups is 1. The number of rotatable bonds is 4. The van der Waals surface area contributed by atoms with Crippen LogP contribution in [-0.4, -0.2) is 40.0 Å². The zero-order valence-corrected chi connectivity index (χ0v) is 16.0. The molecule has 1 aliphatic rings. The number of hydrogen-bond acceptors (Lipinski definition) is 5. The molecule has 0 bridgehead atoms. The van der Waals surface area contributed by atoms with Gasteiger partial charge < -0.3 is 14.8 Å². The van der Waals surface area contributed by atoms with E-state index in [1.807, 2.05) is 37.1 Å². The van der Waals surface area contributed by atoms with Crippen LogP contribution in [-0.2, 0) is 11.3 Å². The van der Waals surface area contributed by atoms with Crippen molar-refractivity contribution in [1.82, 2.24) is 19.8 Å². The van der Waals surface area contributed by atoms with Crippen molar-refractivity contribution >= 4 is 29.7 Å². The summed E-state index contributed by atoms with van der Waals surface area (Å²) in [5.41, 5.74) is 2.00. The van der Waals surface area contributed by atoms with Crippen LogP contribution in [0.1, 0.15) is 28.6 Å². The van der Waals surface area contributed by atoms with Crippen LogP contribution in [0, 0.1) is 13.8 Å². The van der Waals surface area contributed by atoms with E-state index in [2.05, 4.69) is 10.3 Å². The van der Waals surface area contributed by atoms with Crippen LogP contribution in [0.15, 0.2) is 29.3 Å². The van der Waals surface area contributed by atoms with Crippen LogP contribution in [0.2, 0.25) is 0 Å². The van der Waals surface area contributed by atoms with Crippen molar-refractivity contribution in [2.75, 3.05) is 19.6 Å². The minimum Gasteiger partial charge on any atom is -0.333 e. The van der Waals surface area contributed by atoms with Crippen LogP contribution < -0.4 is 10.2 Å². The van der Waals surface area contributed by atoms with E-state index in [-0.39, 0.29) is 29.2 Å². The van der Waals surface area contributed by atoms with Gasteiger partial charge in [-0.05, 0) is 25.5 Å². The first kappa shape index (κ1) is 19.6. The Morgan fingerprint density at radius 3 is 2.88 bits per heavy atom. The Hall–Kier alpha value is -1.70. The molecule has 1 N–H and O–H groups in total. The third-order valence-corrected chi connectivity index (χ3v) is 5.55. The van der Waals surface area contributed by atoms with Gasteiger partial charge >= 0.3 is 4.87 Å². The Balaban J connectivity index is 0.00000225. The molecule has 25 heavy (non-hydrogen) atoms. The van der Waals surface area contributed by atoms with Crippen LogP contribution in [0.25, 0.3) is 0 Å². The molecule has 3 heterocycles. The smallest absolute Gasteiger partial charge is 0.307 e. The van der Waals surface area contributed by atoms with E-state index in [1.165, 1.54) is 11.3 Å². The summed E-state index contributed by atoms with van der Waals surface area (Å²) >= 11 is 1.24. The van der Waals surface area contributed by atoms with Crippen molar-refractivity contribution < 1.29 is 4.79 Å². The Kier molecular flexibility index (Phi) is 6.75. The highest BCUT2D eigenvalue weighted by Gasteiger charge is 2.27. The van der Waals surface area contributed by atoms with Crippen LogP contribution in [0.3, 0.4) is 0 Å². The standard InChI is InChI=1S/C17H22N4O2S.ClH/c1-12-13(2)24-17(23)20(12)8-5-16(22)21-9-7-19-11-15(21)14-4-3-6-18-10-14;/h3-4,6,10,15,19H,5,7-9,11H2,1-2H3;1H. The number of aromatic nitrogens is 2. The van der Waals surface area contributed by atoms with Gasteiger partial charge in [-0.25, -0.2) is 0 Å². The molecule has 2 aromatic rings. The lowest BCUT2D eigenvalue weighted by Crippen LogP contribution is -2.49. The summed E-state index contributed by atoms with van der Waals surface area (Å²) in [4.78, 5) is 31.8. The molecular weight excluding hydrogens is 360 g/mol. The Morgan fingerprint density at radius 1 is 1.44 bits per heavy atom. The molecule has 0 aliphatic carbocycles. The predicted molar refractivity (Wildman–Crippen MR) is 101 cm³/mol. The number of piperazine rings is 1. The highest BCUT2D eigenvalue weighted by Crippen LogP contribution is 2.22. The van der Waals surface area contributed by atoms with E-state index in [0.29, 0.717) is 19.5 Å². The largest absolute Gasteiger partial charge is 0.333 e. The second-order valence-electron chi connectivity index (χ2n) is 6.00. The monoisotopic (exact) mass is 382 g/mol. The number of thiazole rings is 1. The fourth-order valence-corrected chi connectivity index (χ4v) is 3.93. The molecule has 1 unspecified atom stereocenters. The van der Waals surface area contributed by atoms with Crippen LogP contribution in [0.5, 0.6) is 0 Å². The van der Waals surface area contributed by atoms with Crippen molar-refractivity contribution in [2.45, 2.75) is 32.9 Å². The first-order chi connectivity index (χ1) is 11.6. The molecule has 1 atom stereocenters. The van der Waals surface area contributed by atoms with E-state index in [0.717, 1.165) is 29.2 Å². The summed E-state index contributed by atoms with van der Waals surface area (Å²) in [6, 6.07) is 3.90. The van der Waals surface area contributed by atoms with E-state index < -0.39 is 0 Å². The number of halogens is 1. The maximum Gasteiger partial charge on any atom is 0.307 e. The normalized spacial score (nSPS) is 17.2. The summed E-state index contributed by atoms with van der Waals surface area (Å²) in [5, 5.41) is 3.34. The average molecular weight is 383 g/mol. The molecule has 3 rings (SSSR count). The van der Waals surface area contributed by atoms with Gasteiger partial charge in [-0.3, -0.25) is 14.6 Å². The third kappa shape index (κ3) is 4.29. The maximum absolute atomic E-state index is 12.8. The molecule has 0 saturated carbocycles. The minimum absolute atomic E-state index is 0. The van der Waals surface area contributed by atoms with Gasteiger partial charge in [-0.2, -0.15) is 0 Å². The van der Waals surface area contributed by atoms with Gasteiger partial charge in [0.15, 0.2) is 0 Å². The van der Waals surface area contributed by atoms with Crippen molar-refractivity contribution in [3.63, 3.8) is 0 Å². The molecule has 1 aliphatic heterocycles. The van der Waals surface area contributed by atoms with E-state index in [9.17, 15) is 9.59 Å². The van der Waals surface area contributed by atoms with Gasteiger partial charge in [0.2, 0.25) is 5.91 Å². The van der Waals surface area contributed by atoms with Gasteiger partial charge in [0.1, 0.15) is 0 Å². The SMILES string of the molecule is Cc1sc(=O)n(CCC(=O)N2CCNCC2c2cccnc2)c1C.Cl. The van der Waals surface area contributed by atoms with Crippen molar-refractivity contribution in [1.29, 1.82) is 0 Å². The maximum atomic E-state index is 12.8. The molecule has 8 heteroatoms. The molecule has 136 valence electrons. The number of nitrogens with zero attached hydrogens (tertiary/aromatic N) is 3. The first-order valence-electron chi connectivity index (χ1n) is 8.15. The van der Waals surface area contributed by atoms with Gasteiger partial charge in [0.25, 0.3) is 0 Å². The summed E-state index contributed by atoms with van der Waals surface area (Å²) in [6.45, 7) is 6.51. The van der Waals surface area contributed by atoms with E-state index in [4.69, 9.17) is 0 Å². The Morgan fingerprint density at radius 2 is 2.24 bits per heavy atom. The number of hydrogen-bond donors (Lipinski definition) is 1. The second-order valence-corrected chi connectivity index (χ2v) is 7.17. The molecule has 0 radical (unpaired) electrons. The molecule has 0 spiro atoms. The number of amides is 1. The molecule has 0 aromatic carbocycles. The summed E-state index contributed by atoms with van der Waals surface area (Å²) in [6.07, 6.45) is 3.89. The summed E-state index contributed by atoms with van der Waals surface area (Å²) < 4.78 is 1.71. The summed E-state index contributed by atoms with van der Waals surface area (Å²) in [5.74, 6) is 0.0838. The molecule has 1 saturated heterocycles. The number of carbonyl (C=O) groups excluding carboxylic acids is 1. The molecule has 2 aromatic heterocycles. The Labute approximate surface area is 157 Å². The number of aryl methyl sites for hydroxylation is 1. The van der Waals surface area contributed by atoms with Crippen LogP contribution in [0.4, 0.5) is 0 Å². The topological polar surface area (TPSA) is 67.2 Å². The quantitative estimate of drug-likeness (QED) is 0.877. The highest BCUT2D eigenvalue weighted by molar-refractivity contribution is 7.09. The zero-order chi connectivity index (χ0) is 17.1. The van der Waals surface area contributed by atoms with Gasteiger partial charge in [0.05, 0.1) is 6.04 Å². The van der Waals surface area contributed by atoms with Gasteiger partial charge in [-0.1, -0.05) is 17.4 Å². The molecule has 1 fully saturated rings. The number of nitrogens with one attached hydrogen (secondary N) is 1. The highest BCUT2D eigenvalue weighted by atomic mass is 35.5. The van der Waals surface area contributed by atoms with E-state index in [1.54, 1.807) is 10.8 Å². The Bertz CT molecular complexity index is 775. The van der Waals surface area contributed by atoms with Crippen molar-refractivity contribution in [3.8, 4) is 0 Å². The van der Waals surface area contributed by atoms with Crippen molar-refractivity contribution in [2.24, 2.45) is 0 Å². The third-order valence-electron chi connectivity index (χ3n) is 4.56. The molecule has 6 nitrogen and oxygen atoms in total. The minimum atomic E-state index is 0. The molecule has 1 amide bonds. The lowest BCUT2D eigenvalue weighted by Gasteiger charge is -2.36. The fourth-order valence-electron chi connectivity index (χ4n) is 3.07. The average Bonchev–Trinajstić information content (AvgIpc) is 2.85. The van der Waals surface area contributed by atoms with Gasteiger partial charge in [0, 0.05) is 55.6 Å². The zero-order valence-electron chi connectivity index (χ0n) is 14.4. The number of pyridine rings is 1.